The van der Waals surface area contributed by atoms with Crippen LogP contribution in [0, 0.1) is 5.92 Å². The average Bonchev–Trinajstić information content (AvgIpc) is 2.65. The second kappa shape index (κ2) is 5.77. The zero-order valence-corrected chi connectivity index (χ0v) is 11.5. The summed E-state index contributed by atoms with van der Waals surface area (Å²) in [6.45, 7) is 0.872. The normalized spacial score (nSPS) is 27.3. The van der Waals surface area contributed by atoms with Crippen molar-refractivity contribution in [3.05, 3.63) is 35.4 Å². The van der Waals surface area contributed by atoms with Crippen LogP contribution in [0.2, 0.25) is 0 Å². The van der Waals surface area contributed by atoms with E-state index in [-0.39, 0.29) is 5.92 Å². The third-order valence-electron chi connectivity index (χ3n) is 4.71. The molecule has 0 bridgehead atoms. The molecule has 0 spiro atoms. The number of benzene rings is 1. The number of rotatable bonds is 2. The molecule has 102 valence electrons. The second-order valence-corrected chi connectivity index (χ2v) is 6.01. The number of aryl methyl sites for hydroxylation is 1. The Balaban J connectivity index is 1.75. The molecule has 0 aromatic heterocycles. The van der Waals surface area contributed by atoms with Gasteiger partial charge in [-0.2, -0.15) is 0 Å². The Hall–Kier alpha value is -1.31. The molecule has 1 N–H and O–H groups in total. The topological polar surface area (TPSA) is 29.1 Å². The van der Waals surface area contributed by atoms with Crippen molar-refractivity contribution in [2.75, 3.05) is 6.54 Å². The first kappa shape index (κ1) is 12.7. The monoisotopic (exact) mass is 257 g/mol. The average molecular weight is 257 g/mol. The number of hydrogen-bond acceptors (Lipinski definition) is 1. The van der Waals surface area contributed by atoms with Crippen molar-refractivity contribution in [3.63, 3.8) is 0 Å². The van der Waals surface area contributed by atoms with E-state index in [1.165, 1.54) is 36.8 Å². The fraction of sp³-hybridized carbons (Fsp3) is 0.588. The zero-order chi connectivity index (χ0) is 13.1. The molecule has 2 unspecified atom stereocenters. The summed E-state index contributed by atoms with van der Waals surface area (Å²) >= 11 is 0. The van der Waals surface area contributed by atoms with E-state index in [1.807, 2.05) is 0 Å². The zero-order valence-electron chi connectivity index (χ0n) is 11.5. The van der Waals surface area contributed by atoms with Gasteiger partial charge in [-0.15, -0.1) is 0 Å². The lowest BCUT2D eigenvalue weighted by molar-refractivity contribution is -0.125. The van der Waals surface area contributed by atoms with E-state index in [4.69, 9.17) is 0 Å². The molecular formula is C17H23NO. The molecule has 2 aliphatic rings. The number of nitrogens with one attached hydrogen (secondary N) is 1. The lowest BCUT2D eigenvalue weighted by Gasteiger charge is -2.28. The van der Waals surface area contributed by atoms with Gasteiger partial charge in [-0.1, -0.05) is 30.7 Å². The van der Waals surface area contributed by atoms with Crippen LogP contribution in [0.5, 0.6) is 0 Å². The van der Waals surface area contributed by atoms with E-state index in [0.29, 0.717) is 11.8 Å². The van der Waals surface area contributed by atoms with Gasteiger partial charge in [-0.05, 0) is 55.6 Å². The molecule has 1 aromatic rings. The van der Waals surface area contributed by atoms with Crippen molar-refractivity contribution >= 4 is 5.91 Å². The number of fused-ring (bicyclic) bond motifs is 1. The molecule has 2 heteroatoms. The van der Waals surface area contributed by atoms with E-state index in [0.717, 1.165) is 25.8 Å². The maximum Gasteiger partial charge on any atom is 0.223 e. The smallest absolute Gasteiger partial charge is 0.223 e. The van der Waals surface area contributed by atoms with Gasteiger partial charge >= 0.3 is 0 Å². The Bertz CT molecular complexity index is 454. The molecule has 1 amide bonds. The van der Waals surface area contributed by atoms with Crippen LogP contribution in [0.4, 0.5) is 0 Å². The van der Waals surface area contributed by atoms with E-state index in [1.54, 1.807) is 0 Å². The molecule has 19 heavy (non-hydrogen) atoms. The highest BCUT2D eigenvalue weighted by Gasteiger charge is 2.27. The molecule has 3 rings (SSSR count). The molecular weight excluding hydrogens is 234 g/mol. The molecule has 1 aliphatic heterocycles. The molecule has 0 saturated carbocycles. The maximum absolute atomic E-state index is 12.1. The molecule has 2 nitrogen and oxygen atoms in total. The van der Waals surface area contributed by atoms with Crippen molar-refractivity contribution < 1.29 is 4.79 Å². The highest BCUT2D eigenvalue weighted by atomic mass is 16.1. The first-order valence-corrected chi connectivity index (χ1v) is 7.70. The number of carbonyl (C=O) groups excluding carboxylic acids is 1. The summed E-state index contributed by atoms with van der Waals surface area (Å²) in [6.07, 6.45) is 8.19. The van der Waals surface area contributed by atoms with Gasteiger partial charge in [0.15, 0.2) is 0 Å². The van der Waals surface area contributed by atoms with Crippen LogP contribution < -0.4 is 5.32 Å². The van der Waals surface area contributed by atoms with Crippen molar-refractivity contribution in [1.82, 2.24) is 5.32 Å². The quantitative estimate of drug-likeness (QED) is 0.864. The number of amides is 1. The highest BCUT2D eigenvalue weighted by molar-refractivity contribution is 5.78. The summed E-state index contributed by atoms with van der Waals surface area (Å²) in [7, 11) is 0. The molecule has 1 heterocycles. The summed E-state index contributed by atoms with van der Waals surface area (Å²) in [4.78, 5) is 12.1. The molecule has 1 saturated heterocycles. The Kier molecular flexibility index (Phi) is 3.86. The standard InChI is InChI=1S/C17H23NO/c19-17-15(7-3-4-11-18-17)12-14-9-5-8-13-6-1-2-10-16(13)14/h1-2,6,10,14-15H,3-5,7-9,11-12H2,(H,18,19). The predicted molar refractivity (Wildman–Crippen MR) is 77.1 cm³/mol. The van der Waals surface area contributed by atoms with Gasteiger partial charge in [0.2, 0.25) is 5.91 Å². The second-order valence-electron chi connectivity index (χ2n) is 6.01. The molecule has 1 fully saturated rings. The van der Waals surface area contributed by atoms with Crippen molar-refractivity contribution in [2.24, 2.45) is 5.92 Å². The maximum atomic E-state index is 12.1. The number of carbonyl (C=O) groups is 1. The van der Waals surface area contributed by atoms with Gasteiger partial charge in [0.1, 0.15) is 0 Å². The first-order chi connectivity index (χ1) is 9.34. The highest BCUT2D eigenvalue weighted by Crippen LogP contribution is 2.37. The fourth-order valence-corrected chi connectivity index (χ4v) is 3.67. The predicted octanol–water partition coefficient (Wildman–Crippen LogP) is 3.41. The molecule has 1 aromatic carbocycles. The van der Waals surface area contributed by atoms with Crippen LogP contribution in [-0.4, -0.2) is 12.5 Å². The Morgan fingerprint density at radius 3 is 2.84 bits per heavy atom. The summed E-state index contributed by atoms with van der Waals surface area (Å²) in [6, 6.07) is 8.81. The summed E-state index contributed by atoms with van der Waals surface area (Å²) < 4.78 is 0. The van der Waals surface area contributed by atoms with Crippen molar-refractivity contribution in [2.45, 2.75) is 50.9 Å². The molecule has 0 radical (unpaired) electrons. The minimum absolute atomic E-state index is 0.235. The van der Waals surface area contributed by atoms with Crippen LogP contribution in [-0.2, 0) is 11.2 Å². The van der Waals surface area contributed by atoms with Crippen molar-refractivity contribution in [1.29, 1.82) is 0 Å². The SMILES string of the molecule is O=C1NCCCCC1CC1CCCc2ccccc21. The largest absolute Gasteiger partial charge is 0.356 e. The van der Waals surface area contributed by atoms with E-state index in [2.05, 4.69) is 29.6 Å². The van der Waals surface area contributed by atoms with E-state index in [9.17, 15) is 4.79 Å². The van der Waals surface area contributed by atoms with Gasteiger partial charge in [-0.25, -0.2) is 0 Å². The van der Waals surface area contributed by atoms with Gasteiger partial charge in [0.05, 0.1) is 0 Å². The van der Waals surface area contributed by atoms with E-state index < -0.39 is 0 Å². The third-order valence-corrected chi connectivity index (χ3v) is 4.71. The van der Waals surface area contributed by atoms with E-state index >= 15 is 0 Å². The Labute approximate surface area is 115 Å². The minimum Gasteiger partial charge on any atom is -0.356 e. The third kappa shape index (κ3) is 2.83. The Morgan fingerprint density at radius 2 is 1.89 bits per heavy atom. The van der Waals surface area contributed by atoms with Crippen LogP contribution in [0.15, 0.2) is 24.3 Å². The van der Waals surface area contributed by atoms with Gasteiger partial charge in [0.25, 0.3) is 0 Å². The first-order valence-electron chi connectivity index (χ1n) is 7.70. The van der Waals surface area contributed by atoms with Crippen LogP contribution in [0.3, 0.4) is 0 Å². The summed E-state index contributed by atoms with van der Waals surface area (Å²) in [5.41, 5.74) is 3.01. The molecule has 2 atom stereocenters. The molecule has 1 aliphatic carbocycles. The lowest BCUT2D eigenvalue weighted by atomic mass is 9.77. The lowest BCUT2D eigenvalue weighted by Crippen LogP contribution is -2.30. The summed E-state index contributed by atoms with van der Waals surface area (Å²) in [5, 5.41) is 3.07. The van der Waals surface area contributed by atoms with Crippen LogP contribution >= 0.6 is 0 Å². The van der Waals surface area contributed by atoms with Gasteiger partial charge in [-0.3, -0.25) is 4.79 Å². The van der Waals surface area contributed by atoms with Crippen molar-refractivity contribution in [3.8, 4) is 0 Å². The number of hydrogen-bond donors (Lipinski definition) is 1. The van der Waals surface area contributed by atoms with Crippen LogP contribution in [0.25, 0.3) is 0 Å². The fourth-order valence-electron chi connectivity index (χ4n) is 3.67. The van der Waals surface area contributed by atoms with Gasteiger partial charge in [0, 0.05) is 12.5 Å². The Morgan fingerprint density at radius 1 is 1.05 bits per heavy atom. The van der Waals surface area contributed by atoms with Gasteiger partial charge < -0.3 is 5.32 Å². The minimum atomic E-state index is 0.235. The summed E-state index contributed by atoms with van der Waals surface area (Å²) in [5.74, 6) is 1.12. The van der Waals surface area contributed by atoms with Crippen LogP contribution in [0.1, 0.15) is 55.6 Å².